The molecule has 0 radical (unpaired) electrons. The summed E-state index contributed by atoms with van der Waals surface area (Å²) in [7, 11) is 0. The Hall–Kier alpha value is -0.450. The van der Waals surface area contributed by atoms with Gasteiger partial charge in [-0.25, -0.2) is 0 Å². The van der Waals surface area contributed by atoms with Gasteiger partial charge in [-0.05, 0) is 0 Å². The first-order chi connectivity index (χ1) is 4.02. The first kappa shape index (κ1) is 6.67. The van der Waals surface area contributed by atoms with Gasteiger partial charge < -0.3 is 9.47 Å². The molecule has 5 heteroatoms. The van der Waals surface area contributed by atoms with E-state index in [0.717, 1.165) is 6.92 Å². The standard InChI is InChI=1S/C4H4F2O2S/c1-4(6)2(5)7-3(9)8-4/h2H,1H3. The second-order valence-corrected chi connectivity index (χ2v) is 2.11. The number of rotatable bonds is 0. The second-order valence-electron chi connectivity index (χ2n) is 1.77. The largest absolute Gasteiger partial charge is 0.415 e. The molecule has 2 atom stereocenters. The Morgan fingerprint density at radius 3 is 2.44 bits per heavy atom. The SMILES string of the molecule is CC1(F)OC(=S)OC1F. The molecule has 0 aromatic rings. The van der Waals surface area contributed by atoms with Gasteiger partial charge in [0.25, 0.3) is 0 Å². The first-order valence-corrected chi connectivity index (χ1v) is 2.66. The fraction of sp³-hybridized carbons (Fsp3) is 0.750. The molecule has 1 aliphatic rings. The van der Waals surface area contributed by atoms with Gasteiger partial charge in [0.05, 0.1) is 0 Å². The molecular formula is C4H4F2O2S. The highest BCUT2D eigenvalue weighted by Crippen LogP contribution is 2.28. The summed E-state index contributed by atoms with van der Waals surface area (Å²) in [6.07, 6.45) is -2.09. The monoisotopic (exact) mass is 154 g/mol. The maximum absolute atomic E-state index is 12.4. The van der Waals surface area contributed by atoms with Crippen molar-refractivity contribution in [1.29, 1.82) is 0 Å². The van der Waals surface area contributed by atoms with Gasteiger partial charge in [0, 0.05) is 19.1 Å². The highest BCUT2D eigenvalue weighted by Gasteiger charge is 2.47. The summed E-state index contributed by atoms with van der Waals surface area (Å²) in [6.45, 7) is 0.914. The molecule has 2 nitrogen and oxygen atoms in total. The summed E-state index contributed by atoms with van der Waals surface area (Å²) in [6, 6.07) is 0. The lowest BCUT2D eigenvalue weighted by atomic mass is 10.4. The summed E-state index contributed by atoms with van der Waals surface area (Å²) in [4.78, 5) is 0. The molecule has 1 rings (SSSR count). The van der Waals surface area contributed by atoms with E-state index in [1.807, 2.05) is 0 Å². The Bertz CT molecular complexity index is 148. The Kier molecular flexibility index (Phi) is 1.31. The summed E-state index contributed by atoms with van der Waals surface area (Å²) < 4.78 is 32.8. The van der Waals surface area contributed by atoms with Crippen molar-refractivity contribution in [3.05, 3.63) is 0 Å². The summed E-state index contributed by atoms with van der Waals surface area (Å²) in [5.41, 5.74) is 0. The van der Waals surface area contributed by atoms with E-state index in [1.54, 1.807) is 0 Å². The maximum atomic E-state index is 12.4. The smallest absolute Gasteiger partial charge is 0.358 e. The zero-order valence-electron chi connectivity index (χ0n) is 4.56. The van der Waals surface area contributed by atoms with Crippen LogP contribution in [0.15, 0.2) is 0 Å². The zero-order valence-corrected chi connectivity index (χ0v) is 5.37. The van der Waals surface area contributed by atoms with Gasteiger partial charge in [-0.2, -0.15) is 8.78 Å². The van der Waals surface area contributed by atoms with Crippen molar-refractivity contribution in [2.75, 3.05) is 0 Å². The van der Waals surface area contributed by atoms with Gasteiger partial charge in [-0.3, -0.25) is 0 Å². The van der Waals surface area contributed by atoms with E-state index in [0.29, 0.717) is 0 Å². The molecule has 0 N–H and O–H groups in total. The van der Waals surface area contributed by atoms with E-state index in [2.05, 4.69) is 21.7 Å². The lowest BCUT2D eigenvalue weighted by molar-refractivity contribution is -0.122. The average Bonchev–Trinajstić information content (AvgIpc) is 1.79. The lowest BCUT2D eigenvalue weighted by Crippen LogP contribution is -2.27. The Balaban J connectivity index is 2.69. The Labute approximate surface area is 55.7 Å². The molecule has 1 saturated heterocycles. The predicted molar refractivity (Wildman–Crippen MR) is 29.2 cm³/mol. The highest BCUT2D eigenvalue weighted by molar-refractivity contribution is 7.79. The van der Waals surface area contributed by atoms with Crippen LogP contribution in [0.1, 0.15) is 6.92 Å². The van der Waals surface area contributed by atoms with Gasteiger partial charge in [0.15, 0.2) is 0 Å². The van der Waals surface area contributed by atoms with Crippen molar-refractivity contribution < 1.29 is 18.3 Å². The van der Waals surface area contributed by atoms with Gasteiger partial charge in [-0.1, -0.05) is 0 Å². The van der Waals surface area contributed by atoms with Gasteiger partial charge in [-0.15, -0.1) is 0 Å². The number of alkyl halides is 2. The molecule has 1 fully saturated rings. The summed E-state index contributed by atoms with van der Waals surface area (Å²) in [5, 5.41) is -0.479. The van der Waals surface area contributed by atoms with Crippen LogP contribution in [-0.2, 0) is 9.47 Å². The lowest BCUT2D eigenvalue weighted by Gasteiger charge is -2.09. The van der Waals surface area contributed by atoms with E-state index in [4.69, 9.17) is 0 Å². The molecule has 1 aliphatic heterocycles. The number of hydrogen-bond donors (Lipinski definition) is 0. The number of hydrogen-bond acceptors (Lipinski definition) is 3. The molecule has 1 heterocycles. The average molecular weight is 154 g/mol. The molecule has 0 aromatic heterocycles. The number of halogens is 2. The molecule has 0 bridgehead atoms. The predicted octanol–water partition coefficient (Wildman–Crippen LogP) is 1.30. The van der Waals surface area contributed by atoms with Crippen molar-refractivity contribution in [1.82, 2.24) is 0 Å². The zero-order chi connectivity index (χ0) is 7.07. The van der Waals surface area contributed by atoms with Crippen LogP contribution >= 0.6 is 12.2 Å². The van der Waals surface area contributed by atoms with Crippen molar-refractivity contribution in [2.45, 2.75) is 19.1 Å². The van der Waals surface area contributed by atoms with Crippen LogP contribution in [0.4, 0.5) is 8.78 Å². The van der Waals surface area contributed by atoms with E-state index in [-0.39, 0.29) is 0 Å². The number of ether oxygens (including phenoxy) is 2. The van der Waals surface area contributed by atoms with Crippen LogP contribution in [0.2, 0.25) is 0 Å². The molecular weight excluding hydrogens is 150 g/mol. The Morgan fingerprint density at radius 2 is 2.33 bits per heavy atom. The minimum atomic E-state index is -2.41. The third-order valence-corrected chi connectivity index (χ3v) is 1.07. The van der Waals surface area contributed by atoms with Gasteiger partial charge >= 0.3 is 17.4 Å². The highest BCUT2D eigenvalue weighted by atomic mass is 32.1. The topological polar surface area (TPSA) is 18.5 Å². The van der Waals surface area contributed by atoms with Crippen LogP contribution in [-0.4, -0.2) is 17.4 Å². The molecule has 0 amide bonds. The van der Waals surface area contributed by atoms with Crippen LogP contribution in [0.25, 0.3) is 0 Å². The minimum Gasteiger partial charge on any atom is -0.415 e. The molecule has 52 valence electrons. The number of thiocarbonyl (C=S) groups is 1. The van der Waals surface area contributed by atoms with Crippen molar-refractivity contribution in [2.24, 2.45) is 0 Å². The Morgan fingerprint density at radius 1 is 1.78 bits per heavy atom. The van der Waals surface area contributed by atoms with Crippen molar-refractivity contribution in [3.63, 3.8) is 0 Å². The van der Waals surface area contributed by atoms with Crippen LogP contribution < -0.4 is 0 Å². The minimum absolute atomic E-state index is 0.479. The fourth-order valence-electron chi connectivity index (χ4n) is 0.423. The fourth-order valence-corrected chi connectivity index (χ4v) is 0.670. The van der Waals surface area contributed by atoms with Gasteiger partial charge in [0.2, 0.25) is 0 Å². The molecule has 0 spiro atoms. The normalized spacial score (nSPS) is 42.1. The third-order valence-electron chi connectivity index (χ3n) is 0.888. The molecule has 0 saturated carbocycles. The third kappa shape index (κ3) is 1.10. The summed E-state index contributed by atoms with van der Waals surface area (Å²) >= 11 is 4.22. The maximum Gasteiger partial charge on any atom is 0.358 e. The second kappa shape index (κ2) is 1.76. The van der Waals surface area contributed by atoms with Crippen LogP contribution in [0.3, 0.4) is 0 Å². The quantitative estimate of drug-likeness (QED) is 0.490. The van der Waals surface area contributed by atoms with Crippen LogP contribution in [0.5, 0.6) is 0 Å². The summed E-state index contributed by atoms with van der Waals surface area (Å²) in [5.74, 6) is -2.41. The molecule has 0 aliphatic carbocycles. The van der Waals surface area contributed by atoms with E-state index >= 15 is 0 Å². The van der Waals surface area contributed by atoms with E-state index in [9.17, 15) is 8.78 Å². The van der Waals surface area contributed by atoms with Gasteiger partial charge in [0.1, 0.15) is 0 Å². The first-order valence-electron chi connectivity index (χ1n) is 2.25. The van der Waals surface area contributed by atoms with Crippen LogP contribution in [0, 0.1) is 0 Å². The van der Waals surface area contributed by atoms with Crippen molar-refractivity contribution >= 4 is 17.5 Å². The van der Waals surface area contributed by atoms with E-state index in [1.165, 1.54) is 0 Å². The molecule has 0 aromatic carbocycles. The van der Waals surface area contributed by atoms with E-state index < -0.39 is 17.4 Å². The molecule has 9 heavy (non-hydrogen) atoms. The molecule has 2 unspecified atom stereocenters. The van der Waals surface area contributed by atoms with Crippen molar-refractivity contribution in [3.8, 4) is 0 Å².